The number of pyridine rings is 1. The fourth-order valence-electron chi connectivity index (χ4n) is 2.13. The number of halogens is 1. The Morgan fingerprint density at radius 3 is 2.65 bits per heavy atom. The molecule has 114 valence electrons. The minimum absolute atomic E-state index is 0.196. The van der Waals surface area contributed by atoms with Crippen molar-refractivity contribution in [3.63, 3.8) is 0 Å². The van der Waals surface area contributed by atoms with Gasteiger partial charge in [-0.05, 0) is 58.5 Å². The summed E-state index contributed by atoms with van der Waals surface area (Å²) in [5.74, 6) is -0.278. The number of aromatic nitrogens is 1. The van der Waals surface area contributed by atoms with Crippen LogP contribution in [0, 0.1) is 5.82 Å². The van der Waals surface area contributed by atoms with Gasteiger partial charge < -0.3 is 10.2 Å². The van der Waals surface area contributed by atoms with Gasteiger partial charge in [0.1, 0.15) is 5.82 Å². The predicted molar refractivity (Wildman–Crippen MR) is 82.2 cm³/mol. The fourth-order valence-corrected chi connectivity index (χ4v) is 2.13. The summed E-state index contributed by atoms with van der Waals surface area (Å²) < 4.78 is 13.0. The van der Waals surface area contributed by atoms with Crippen LogP contribution in [-0.4, -0.2) is 36.1 Å². The average molecular weight is 281 g/mol. The van der Waals surface area contributed by atoms with Crippen LogP contribution in [0.2, 0.25) is 0 Å². The van der Waals surface area contributed by atoms with Gasteiger partial charge in [0.25, 0.3) is 0 Å². The minimum atomic E-state index is -0.278. The van der Waals surface area contributed by atoms with Crippen molar-refractivity contribution in [3.05, 3.63) is 29.8 Å². The van der Waals surface area contributed by atoms with Gasteiger partial charge in [-0.1, -0.05) is 13.8 Å². The smallest absolute Gasteiger partial charge is 0.141 e. The molecule has 0 aliphatic rings. The second-order valence-corrected chi connectivity index (χ2v) is 5.43. The van der Waals surface area contributed by atoms with Crippen molar-refractivity contribution in [2.24, 2.45) is 0 Å². The monoisotopic (exact) mass is 281 g/mol. The maximum Gasteiger partial charge on any atom is 0.141 e. The lowest BCUT2D eigenvalue weighted by molar-refractivity contribution is 0.236. The molecular formula is C16H28FN3. The van der Waals surface area contributed by atoms with E-state index in [9.17, 15) is 4.39 Å². The lowest BCUT2D eigenvalue weighted by Gasteiger charge is -2.26. The Kier molecular flexibility index (Phi) is 7.70. The summed E-state index contributed by atoms with van der Waals surface area (Å²) in [6.07, 6.45) is 4.52. The van der Waals surface area contributed by atoms with Crippen LogP contribution in [0.5, 0.6) is 0 Å². The number of hydrogen-bond donors (Lipinski definition) is 1. The molecule has 1 rings (SSSR count). The van der Waals surface area contributed by atoms with E-state index >= 15 is 0 Å². The van der Waals surface area contributed by atoms with Gasteiger partial charge in [-0.3, -0.25) is 4.98 Å². The van der Waals surface area contributed by atoms with E-state index in [1.165, 1.54) is 12.3 Å². The largest absolute Gasteiger partial charge is 0.309 e. The van der Waals surface area contributed by atoms with Gasteiger partial charge in [0.15, 0.2) is 0 Å². The highest BCUT2D eigenvalue weighted by Crippen LogP contribution is 2.16. The molecule has 2 atom stereocenters. The summed E-state index contributed by atoms with van der Waals surface area (Å²) in [4.78, 5) is 6.58. The molecule has 0 aliphatic heterocycles. The van der Waals surface area contributed by atoms with Gasteiger partial charge in [-0.15, -0.1) is 0 Å². The zero-order valence-corrected chi connectivity index (χ0v) is 13.2. The number of hydrogen-bond acceptors (Lipinski definition) is 3. The van der Waals surface area contributed by atoms with Crippen molar-refractivity contribution in [1.82, 2.24) is 15.2 Å². The first kappa shape index (κ1) is 17.1. The summed E-state index contributed by atoms with van der Waals surface area (Å²) in [6.45, 7) is 8.56. The topological polar surface area (TPSA) is 28.2 Å². The Morgan fingerprint density at radius 2 is 2.10 bits per heavy atom. The van der Waals surface area contributed by atoms with E-state index in [2.05, 4.69) is 43.0 Å². The molecule has 0 aromatic carbocycles. The normalized spacial score (nSPS) is 14.5. The van der Waals surface area contributed by atoms with Crippen LogP contribution in [0.25, 0.3) is 0 Å². The van der Waals surface area contributed by atoms with E-state index in [4.69, 9.17) is 0 Å². The minimum Gasteiger partial charge on any atom is -0.309 e. The molecule has 1 N–H and O–H groups in total. The standard InChI is InChI=1S/C16H28FN3/c1-5-10-18-16(9-11-20(4)13(3)6-2)15-8-7-14(17)12-19-15/h7-8,12-13,16,18H,5-6,9-11H2,1-4H3. The molecule has 1 heterocycles. The lowest BCUT2D eigenvalue weighted by atomic mass is 10.1. The Labute approximate surface area is 122 Å². The van der Waals surface area contributed by atoms with E-state index in [0.717, 1.165) is 38.0 Å². The van der Waals surface area contributed by atoms with Crippen LogP contribution in [0.4, 0.5) is 4.39 Å². The van der Waals surface area contributed by atoms with Crippen molar-refractivity contribution in [2.75, 3.05) is 20.1 Å². The van der Waals surface area contributed by atoms with Crippen molar-refractivity contribution in [1.29, 1.82) is 0 Å². The third-order valence-electron chi connectivity index (χ3n) is 3.86. The van der Waals surface area contributed by atoms with Crippen LogP contribution >= 0.6 is 0 Å². The molecule has 0 saturated heterocycles. The highest BCUT2D eigenvalue weighted by atomic mass is 19.1. The molecule has 0 amide bonds. The summed E-state index contributed by atoms with van der Waals surface area (Å²) in [5.41, 5.74) is 0.928. The van der Waals surface area contributed by atoms with E-state index in [1.807, 2.05) is 0 Å². The van der Waals surface area contributed by atoms with Crippen LogP contribution in [0.15, 0.2) is 18.3 Å². The van der Waals surface area contributed by atoms with Crippen molar-refractivity contribution in [2.45, 2.75) is 52.1 Å². The molecule has 0 bridgehead atoms. The molecular weight excluding hydrogens is 253 g/mol. The highest BCUT2D eigenvalue weighted by molar-refractivity contribution is 5.10. The second kappa shape index (κ2) is 9.03. The zero-order chi connectivity index (χ0) is 15.0. The molecule has 0 spiro atoms. The maximum absolute atomic E-state index is 13.0. The third-order valence-corrected chi connectivity index (χ3v) is 3.86. The Balaban J connectivity index is 2.62. The van der Waals surface area contributed by atoms with Crippen molar-refractivity contribution < 1.29 is 4.39 Å². The Morgan fingerprint density at radius 1 is 1.35 bits per heavy atom. The summed E-state index contributed by atoms with van der Waals surface area (Å²) in [6, 6.07) is 4.05. The van der Waals surface area contributed by atoms with E-state index in [0.29, 0.717) is 6.04 Å². The van der Waals surface area contributed by atoms with Crippen LogP contribution in [0.1, 0.15) is 51.8 Å². The highest BCUT2D eigenvalue weighted by Gasteiger charge is 2.15. The number of rotatable bonds is 9. The van der Waals surface area contributed by atoms with Crippen LogP contribution in [0.3, 0.4) is 0 Å². The average Bonchev–Trinajstić information content (AvgIpc) is 2.47. The molecule has 1 aromatic heterocycles. The van der Waals surface area contributed by atoms with Gasteiger partial charge in [0, 0.05) is 6.04 Å². The zero-order valence-electron chi connectivity index (χ0n) is 13.2. The first-order valence-corrected chi connectivity index (χ1v) is 7.63. The van der Waals surface area contributed by atoms with Gasteiger partial charge >= 0.3 is 0 Å². The molecule has 0 aliphatic carbocycles. The second-order valence-electron chi connectivity index (χ2n) is 5.43. The first-order valence-electron chi connectivity index (χ1n) is 7.63. The summed E-state index contributed by atoms with van der Waals surface area (Å²) in [5, 5.41) is 3.51. The SMILES string of the molecule is CCCNC(CCN(C)C(C)CC)c1ccc(F)cn1. The third kappa shape index (κ3) is 5.55. The lowest BCUT2D eigenvalue weighted by Crippen LogP contribution is -2.33. The molecule has 20 heavy (non-hydrogen) atoms. The molecule has 0 fully saturated rings. The molecule has 1 aromatic rings. The van der Waals surface area contributed by atoms with E-state index < -0.39 is 0 Å². The van der Waals surface area contributed by atoms with Crippen LogP contribution < -0.4 is 5.32 Å². The quantitative estimate of drug-likeness (QED) is 0.752. The van der Waals surface area contributed by atoms with Gasteiger partial charge in [0.2, 0.25) is 0 Å². The molecule has 4 heteroatoms. The van der Waals surface area contributed by atoms with Crippen molar-refractivity contribution >= 4 is 0 Å². The van der Waals surface area contributed by atoms with Crippen LogP contribution in [-0.2, 0) is 0 Å². The van der Waals surface area contributed by atoms with E-state index in [-0.39, 0.29) is 11.9 Å². The van der Waals surface area contributed by atoms with Gasteiger partial charge in [-0.2, -0.15) is 0 Å². The predicted octanol–water partition coefficient (Wildman–Crippen LogP) is 3.38. The summed E-state index contributed by atoms with van der Waals surface area (Å²) >= 11 is 0. The van der Waals surface area contributed by atoms with Gasteiger partial charge in [-0.25, -0.2) is 4.39 Å². The maximum atomic E-state index is 13.0. The molecule has 2 unspecified atom stereocenters. The number of nitrogens with one attached hydrogen (secondary N) is 1. The van der Waals surface area contributed by atoms with E-state index in [1.54, 1.807) is 6.07 Å². The molecule has 0 saturated carbocycles. The molecule has 0 radical (unpaired) electrons. The van der Waals surface area contributed by atoms with Gasteiger partial charge in [0.05, 0.1) is 17.9 Å². The molecule has 3 nitrogen and oxygen atoms in total. The first-order chi connectivity index (χ1) is 9.58. The Bertz CT molecular complexity index is 366. The van der Waals surface area contributed by atoms with Crippen molar-refractivity contribution in [3.8, 4) is 0 Å². The Hall–Kier alpha value is -1.00. The number of nitrogens with zero attached hydrogens (tertiary/aromatic N) is 2. The summed E-state index contributed by atoms with van der Waals surface area (Å²) in [7, 11) is 2.16. The fraction of sp³-hybridized carbons (Fsp3) is 0.688.